The van der Waals surface area contributed by atoms with E-state index >= 15 is 0 Å². The molecule has 1 N–H and O–H groups in total. The SMILES string of the molecule is Fc1cc(F)cc(CCNCc2c(F)ccc(Br)c2F)c1. The van der Waals surface area contributed by atoms with E-state index in [2.05, 4.69) is 21.2 Å². The van der Waals surface area contributed by atoms with Crippen molar-refractivity contribution in [2.75, 3.05) is 6.54 Å². The standard InChI is InChI=1S/C15H12BrF4N/c16-13-1-2-14(19)12(15(13)20)8-21-4-3-9-5-10(17)7-11(18)6-9/h1-2,5-7,21H,3-4,8H2. The third kappa shape index (κ3) is 4.28. The minimum Gasteiger partial charge on any atom is -0.312 e. The van der Waals surface area contributed by atoms with Crippen molar-refractivity contribution in [2.45, 2.75) is 13.0 Å². The van der Waals surface area contributed by atoms with Crippen LogP contribution in [-0.2, 0) is 13.0 Å². The number of nitrogens with one attached hydrogen (secondary N) is 1. The lowest BCUT2D eigenvalue weighted by Crippen LogP contribution is -2.18. The van der Waals surface area contributed by atoms with E-state index in [0.717, 1.165) is 6.07 Å². The van der Waals surface area contributed by atoms with E-state index in [1.807, 2.05) is 0 Å². The number of hydrogen-bond donors (Lipinski definition) is 1. The summed E-state index contributed by atoms with van der Waals surface area (Å²) in [7, 11) is 0. The zero-order valence-corrected chi connectivity index (χ0v) is 12.5. The highest BCUT2D eigenvalue weighted by Crippen LogP contribution is 2.21. The number of halogens is 5. The van der Waals surface area contributed by atoms with E-state index in [4.69, 9.17) is 0 Å². The molecule has 0 amide bonds. The predicted octanol–water partition coefficient (Wildman–Crippen LogP) is 4.34. The Morgan fingerprint density at radius 2 is 1.62 bits per heavy atom. The molecule has 0 radical (unpaired) electrons. The fourth-order valence-electron chi connectivity index (χ4n) is 1.93. The highest BCUT2D eigenvalue weighted by molar-refractivity contribution is 9.10. The molecule has 0 saturated heterocycles. The summed E-state index contributed by atoms with van der Waals surface area (Å²) in [5.41, 5.74) is 0.407. The smallest absolute Gasteiger partial charge is 0.144 e. The van der Waals surface area contributed by atoms with Gasteiger partial charge in [-0.05, 0) is 58.7 Å². The van der Waals surface area contributed by atoms with Crippen molar-refractivity contribution in [1.29, 1.82) is 0 Å². The van der Waals surface area contributed by atoms with E-state index in [-0.39, 0.29) is 16.6 Å². The zero-order valence-electron chi connectivity index (χ0n) is 10.9. The van der Waals surface area contributed by atoms with Crippen LogP contribution in [0.5, 0.6) is 0 Å². The molecule has 2 rings (SSSR count). The summed E-state index contributed by atoms with van der Waals surface area (Å²) in [5, 5.41) is 2.85. The summed E-state index contributed by atoms with van der Waals surface area (Å²) in [4.78, 5) is 0. The molecule has 21 heavy (non-hydrogen) atoms. The Labute approximate surface area is 128 Å². The minimum atomic E-state index is -0.653. The van der Waals surface area contributed by atoms with Gasteiger partial charge in [0.15, 0.2) is 0 Å². The molecule has 0 heterocycles. The summed E-state index contributed by atoms with van der Waals surface area (Å²) in [6, 6.07) is 5.72. The summed E-state index contributed by atoms with van der Waals surface area (Å²) < 4.78 is 53.3. The lowest BCUT2D eigenvalue weighted by Gasteiger charge is -2.08. The van der Waals surface area contributed by atoms with E-state index in [0.29, 0.717) is 18.5 Å². The largest absolute Gasteiger partial charge is 0.312 e. The van der Waals surface area contributed by atoms with Crippen LogP contribution in [0.25, 0.3) is 0 Å². The van der Waals surface area contributed by atoms with Gasteiger partial charge in [0.25, 0.3) is 0 Å². The minimum absolute atomic E-state index is 0.00506. The average molecular weight is 362 g/mol. The molecular weight excluding hydrogens is 350 g/mol. The van der Waals surface area contributed by atoms with Gasteiger partial charge < -0.3 is 5.32 Å². The number of hydrogen-bond acceptors (Lipinski definition) is 1. The van der Waals surface area contributed by atoms with E-state index in [1.165, 1.54) is 24.3 Å². The summed E-state index contributed by atoms with van der Waals surface area (Å²) in [5.74, 6) is -2.58. The van der Waals surface area contributed by atoms with Crippen LogP contribution in [0, 0.1) is 23.3 Å². The van der Waals surface area contributed by atoms with Gasteiger partial charge in [-0.3, -0.25) is 0 Å². The van der Waals surface area contributed by atoms with Gasteiger partial charge in [-0.25, -0.2) is 17.6 Å². The monoisotopic (exact) mass is 361 g/mol. The molecule has 1 nitrogen and oxygen atoms in total. The van der Waals surface area contributed by atoms with Gasteiger partial charge in [-0.2, -0.15) is 0 Å². The lowest BCUT2D eigenvalue weighted by atomic mass is 10.1. The maximum Gasteiger partial charge on any atom is 0.144 e. The Bertz CT molecular complexity index is 626. The molecule has 0 bridgehead atoms. The van der Waals surface area contributed by atoms with Crippen molar-refractivity contribution < 1.29 is 17.6 Å². The van der Waals surface area contributed by atoms with Crippen LogP contribution in [-0.4, -0.2) is 6.54 Å². The molecule has 0 fully saturated rings. The van der Waals surface area contributed by atoms with Crippen LogP contribution >= 0.6 is 15.9 Å². The zero-order chi connectivity index (χ0) is 15.4. The first kappa shape index (κ1) is 16.0. The summed E-state index contributed by atoms with van der Waals surface area (Å²) in [6.07, 6.45) is 0.353. The van der Waals surface area contributed by atoms with Crippen molar-refractivity contribution >= 4 is 15.9 Å². The molecule has 0 aromatic heterocycles. The molecule has 0 aliphatic carbocycles. The quantitative estimate of drug-likeness (QED) is 0.474. The first-order valence-electron chi connectivity index (χ1n) is 6.25. The van der Waals surface area contributed by atoms with E-state index in [9.17, 15) is 17.6 Å². The van der Waals surface area contributed by atoms with Gasteiger partial charge >= 0.3 is 0 Å². The Morgan fingerprint density at radius 1 is 0.952 bits per heavy atom. The maximum atomic E-state index is 13.7. The molecule has 0 spiro atoms. The molecule has 0 aliphatic rings. The molecule has 0 atom stereocenters. The molecule has 2 aromatic carbocycles. The van der Waals surface area contributed by atoms with Crippen molar-refractivity contribution in [3.8, 4) is 0 Å². The molecule has 0 saturated carbocycles. The second kappa shape index (κ2) is 7.04. The van der Waals surface area contributed by atoms with Crippen LogP contribution in [0.1, 0.15) is 11.1 Å². The second-order valence-electron chi connectivity index (χ2n) is 4.53. The third-order valence-corrected chi connectivity index (χ3v) is 3.57. The first-order valence-corrected chi connectivity index (χ1v) is 7.04. The van der Waals surface area contributed by atoms with Crippen molar-refractivity contribution in [3.63, 3.8) is 0 Å². The van der Waals surface area contributed by atoms with Crippen LogP contribution in [0.3, 0.4) is 0 Å². The van der Waals surface area contributed by atoms with Gasteiger partial charge in [-0.1, -0.05) is 0 Å². The molecule has 6 heteroatoms. The van der Waals surface area contributed by atoms with E-state index < -0.39 is 23.3 Å². The molecule has 0 unspecified atom stereocenters. The van der Waals surface area contributed by atoms with Crippen LogP contribution < -0.4 is 5.32 Å². The summed E-state index contributed by atoms with van der Waals surface area (Å²) in [6.45, 7) is 0.336. The van der Waals surface area contributed by atoms with Crippen LogP contribution in [0.2, 0.25) is 0 Å². The number of rotatable bonds is 5. The Kier molecular flexibility index (Phi) is 5.36. The summed E-state index contributed by atoms with van der Waals surface area (Å²) >= 11 is 2.99. The maximum absolute atomic E-state index is 13.7. The topological polar surface area (TPSA) is 12.0 Å². The highest BCUT2D eigenvalue weighted by Gasteiger charge is 2.11. The highest BCUT2D eigenvalue weighted by atomic mass is 79.9. The Balaban J connectivity index is 1.92. The van der Waals surface area contributed by atoms with Crippen molar-refractivity contribution in [2.24, 2.45) is 0 Å². The van der Waals surface area contributed by atoms with Gasteiger partial charge in [0, 0.05) is 18.2 Å². The van der Waals surface area contributed by atoms with E-state index in [1.54, 1.807) is 0 Å². The van der Waals surface area contributed by atoms with Gasteiger partial charge in [0.1, 0.15) is 23.3 Å². The third-order valence-electron chi connectivity index (χ3n) is 2.95. The Hall–Kier alpha value is -1.40. The van der Waals surface area contributed by atoms with Crippen molar-refractivity contribution in [1.82, 2.24) is 5.32 Å². The molecule has 2 aromatic rings. The first-order chi connectivity index (χ1) is 9.97. The van der Waals surface area contributed by atoms with Crippen LogP contribution in [0.4, 0.5) is 17.6 Å². The van der Waals surface area contributed by atoms with Crippen LogP contribution in [0.15, 0.2) is 34.8 Å². The fraction of sp³-hybridized carbons (Fsp3) is 0.200. The normalized spacial score (nSPS) is 10.9. The van der Waals surface area contributed by atoms with Gasteiger partial charge in [0.05, 0.1) is 4.47 Å². The van der Waals surface area contributed by atoms with Crippen molar-refractivity contribution in [3.05, 3.63) is 69.2 Å². The fourth-order valence-corrected chi connectivity index (χ4v) is 2.30. The molecule has 0 aliphatic heterocycles. The lowest BCUT2D eigenvalue weighted by molar-refractivity contribution is 0.532. The second-order valence-corrected chi connectivity index (χ2v) is 5.38. The molecular formula is C15H12BrF4N. The van der Waals surface area contributed by atoms with Gasteiger partial charge in [-0.15, -0.1) is 0 Å². The Morgan fingerprint density at radius 3 is 2.29 bits per heavy atom. The predicted molar refractivity (Wildman–Crippen MR) is 75.8 cm³/mol. The van der Waals surface area contributed by atoms with Gasteiger partial charge in [0.2, 0.25) is 0 Å². The molecule has 112 valence electrons. The average Bonchev–Trinajstić information content (AvgIpc) is 2.41. The number of benzene rings is 2.